The Hall–Kier alpha value is -1.25. The van der Waals surface area contributed by atoms with Crippen LogP contribution in [0, 0.1) is 5.92 Å². The number of nitrogens with zero attached hydrogens (tertiary/aromatic N) is 3. The Morgan fingerprint density at radius 2 is 1.71 bits per heavy atom. The van der Waals surface area contributed by atoms with Crippen LogP contribution in [0.1, 0.15) is 25.7 Å². The second-order valence-corrected chi connectivity index (χ2v) is 8.66. The van der Waals surface area contributed by atoms with Crippen molar-refractivity contribution in [2.24, 2.45) is 11.7 Å². The van der Waals surface area contributed by atoms with E-state index in [4.69, 9.17) is 10.5 Å². The van der Waals surface area contributed by atoms with Gasteiger partial charge in [-0.1, -0.05) is 6.07 Å². The van der Waals surface area contributed by atoms with Crippen molar-refractivity contribution in [1.29, 1.82) is 0 Å². The summed E-state index contributed by atoms with van der Waals surface area (Å²) < 4.78 is 5.52. The van der Waals surface area contributed by atoms with Crippen molar-refractivity contribution in [3.8, 4) is 5.75 Å². The molecule has 0 bridgehead atoms. The maximum absolute atomic E-state index is 13.3. The van der Waals surface area contributed by atoms with Crippen LogP contribution in [0.3, 0.4) is 0 Å². The monoisotopic (exact) mass is 474 g/mol. The van der Waals surface area contributed by atoms with Gasteiger partial charge < -0.3 is 25.4 Å². The number of nitrogens with two attached hydrogens (primary N) is 1. The first kappa shape index (κ1) is 26.0. The Morgan fingerprint density at radius 1 is 1.00 bits per heavy atom. The number of phenolic OH excluding ortho intramolecular Hbond substituents is 1. The summed E-state index contributed by atoms with van der Waals surface area (Å²) >= 11 is 0. The van der Waals surface area contributed by atoms with Crippen molar-refractivity contribution in [2.45, 2.75) is 37.8 Å². The number of halogens is 2. The van der Waals surface area contributed by atoms with Crippen molar-refractivity contribution in [3.63, 3.8) is 0 Å². The standard InChI is InChI=1S/C22H34N4O3.2ClH/c23-18-5-4-17(15-26(16-18)19-6-12-29-13-7-19)22(28)25-10-8-24(9-11-25)20-2-1-3-21(27)14-20;;/h1-3,14,17-19,27H,4-13,15-16,23H2;2*1H/t17-,18+;;/m1../s1. The highest BCUT2D eigenvalue weighted by Gasteiger charge is 2.34. The summed E-state index contributed by atoms with van der Waals surface area (Å²) in [6, 6.07) is 7.99. The summed E-state index contributed by atoms with van der Waals surface area (Å²) in [7, 11) is 0. The molecule has 3 heterocycles. The van der Waals surface area contributed by atoms with Gasteiger partial charge in [0.15, 0.2) is 0 Å². The number of amides is 1. The molecule has 1 amide bonds. The van der Waals surface area contributed by atoms with Gasteiger partial charge in [0.2, 0.25) is 5.91 Å². The average Bonchev–Trinajstić information content (AvgIpc) is 2.96. The largest absolute Gasteiger partial charge is 0.508 e. The van der Waals surface area contributed by atoms with Crippen LogP contribution < -0.4 is 10.6 Å². The average molecular weight is 475 g/mol. The van der Waals surface area contributed by atoms with Crippen LogP contribution in [0.15, 0.2) is 24.3 Å². The van der Waals surface area contributed by atoms with Gasteiger partial charge >= 0.3 is 0 Å². The number of anilines is 1. The topological polar surface area (TPSA) is 82.3 Å². The van der Waals surface area contributed by atoms with Crippen molar-refractivity contribution >= 4 is 36.4 Å². The van der Waals surface area contributed by atoms with E-state index in [1.165, 1.54) is 0 Å². The summed E-state index contributed by atoms with van der Waals surface area (Å²) in [6.07, 6.45) is 3.87. The number of likely N-dealkylation sites (tertiary alicyclic amines) is 1. The molecular weight excluding hydrogens is 439 g/mol. The molecule has 0 unspecified atom stereocenters. The highest BCUT2D eigenvalue weighted by atomic mass is 35.5. The molecule has 3 aliphatic heterocycles. The van der Waals surface area contributed by atoms with Gasteiger partial charge in [-0.3, -0.25) is 9.69 Å². The number of rotatable bonds is 3. The predicted molar refractivity (Wildman–Crippen MR) is 128 cm³/mol. The maximum Gasteiger partial charge on any atom is 0.227 e. The van der Waals surface area contributed by atoms with E-state index < -0.39 is 0 Å². The van der Waals surface area contributed by atoms with Crippen LogP contribution in [-0.2, 0) is 9.53 Å². The molecule has 7 nitrogen and oxygen atoms in total. The normalized spacial score (nSPS) is 25.8. The molecule has 0 saturated carbocycles. The summed E-state index contributed by atoms with van der Waals surface area (Å²) in [5, 5.41) is 9.72. The first-order chi connectivity index (χ1) is 14.1. The van der Waals surface area contributed by atoms with E-state index in [0.29, 0.717) is 6.04 Å². The summed E-state index contributed by atoms with van der Waals surface area (Å²) in [5.74, 6) is 0.606. The number of carbonyl (C=O) groups is 1. The molecule has 9 heteroatoms. The van der Waals surface area contributed by atoms with E-state index in [1.807, 2.05) is 17.0 Å². The third-order valence-electron chi connectivity index (χ3n) is 6.65. The lowest BCUT2D eigenvalue weighted by molar-refractivity contribution is -0.136. The molecule has 3 N–H and O–H groups in total. The lowest BCUT2D eigenvalue weighted by Crippen LogP contribution is -2.52. The third kappa shape index (κ3) is 6.62. The van der Waals surface area contributed by atoms with Crippen LogP contribution >= 0.6 is 24.8 Å². The van der Waals surface area contributed by atoms with Crippen molar-refractivity contribution in [3.05, 3.63) is 24.3 Å². The Morgan fingerprint density at radius 3 is 2.39 bits per heavy atom. The highest BCUT2D eigenvalue weighted by Crippen LogP contribution is 2.25. The summed E-state index contributed by atoms with van der Waals surface area (Å²) in [6.45, 7) is 6.39. The van der Waals surface area contributed by atoms with E-state index in [-0.39, 0.29) is 48.4 Å². The molecular formula is C22H36Cl2N4O3. The van der Waals surface area contributed by atoms with Crippen LogP contribution in [0.25, 0.3) is 0 Å². The van der Waals surface area contributed by atoms with Gasteiger partial charge in [-0.25, -0.2) is 0 Å². The summed E-state index contributed by atoms with van der Waals surface area (Å²) in [5.41, 5.74) is 7.36. The smallest absolute Gasteiger partial charge is 0.227 e. The lowest BCUT2D eigenvalue weighted by Gasteiger charge is -2.39. The second kappa shape index (κ2) is 12.1. The number of phenols is 1. The Kier molecular flexibility index (Phi) is 10.2. The van der Waals surface area contributed by atoms with Gasteiger partial charge in [0.1, 0.15) is 5.75 Å². The number of carbonyl (C=O) groups excluding carboxylic acids is 1. The molecule has 0 aliphatic carbocycles. The fourth-order valence-electron chi connectivity index (χ4n) is 4.94. The van der Waals surface area contributed by atoms with Gasteiger partial charge in [-0.05, 0) is 37.8 Å². The Bertz CT molecular complexity index is 697. The van der Waals surface area contributed by atoms with Gasteiger partial charge in [0.25, 0.3) is 0 Å². The maximum atomic E-state index is 13.3. The van der Waals surface area contributed by atoms with Gasteiger partial charge in [0.05, 0.1) is 5.92 Å². The van der Waals surface area contributed by atoms with Gasteiger partial charge in [0, 0.05) is 76.3 Å². The first-order valence-corrected chi connectivity index (χ1v) is 11.0. The van der Waals surface area contributed by atoms with E-state index in [2.05, 4.69) is 9.80 Å². The second-order valence-electron chi connectivity index (χ2n) is 8.66. The zero-order chi connectivity index (χ0) is 20.2. The van der Waals surface area contributed by atoms with E-state index >= 15 is 0 Å². The molecule has 3 saturated heterocycles. The highest BCUT2D eigenvalue weighted by molar-refractivity contribution is 5.85. The van der Waals surface area contributed by atoms with E-state index in [9.17, 15) is 9.90 Å². The Labute approximate surface area is 197 Å². The number of benzene rings is 1. The molecule has 31 heavy (non-hydrogen) atoms. The molecule has 3 fully saturated rings. The number of ether oxygens (including phenoxy) is 1. The van der Waals surface area contributed by atoms with Crippen LogP contribution in [0.5, 0.6) is 5.75 Å². The molecule has 3 aliphatic rings. The van der Waals surface area contributed by atoms with Crippen molar-refractivity contribution in [2.75, 3.05) is 57.4 Å². The molecule has 2 atom stereocenters. The van der Waals surface area contributed by atoms with Crippen LogP contribution in [0.2, 0.25) is 0 Å². The molecule has 4 rings (SSSR count). The van der Waals surface area contributed by atoms with Crippen molar-refractivity contribution < 1.29 is 14.6 Å². The molecule has 0 spiro atoms. The zero-order valence-electron chi connectivity index (χ0n) is 18.0. The zero-order valence-corrected chi connectivity index (χ0v) is 19.7. The minimum Gasteiger partial charge on any atom is -0.508 e. The quantitative estimate of drug-likeness (QED) is 0.697. The van der Waals surface area contributed by atoms with Crippen LogP contribution in [0.4, 0.5) is 5.69 Å². The summed E-state index contributed by atoms with van der Waals surface area (Å²) in [4.78, 5) is 20.0. The van der Waals surface area contributed by atoms with Crippen LogP contribution in [-0.4, -0.2) is 85.4 Å². The number of hydrogen-bond acceptors (Lipinski definition) is 6. The molecule has 1 aromatic rings. The van der Waals surface area contributed by atoms with Crippen molar-refractivity contribution in [1.82, 2.24) is 9.80 Å². The number of hydrogen-bond donors (Lipinski definition) is 2. The molecule has 1 aromatic carbocycles. The van der Waals surface area contributed by atoms with Gasteiger partial charge in [-0.15, -0.1) is 24.8 Å². The number of piperazine rings is 1. The predicted octanol–water partition coefficient (Wildman–Crippen LogP) is 2.10. The SMILES string of the molecule is Cl.Cl.N[C@H]1CC[C@@H](C(=O)N2CCN(c3cccc(O)c3)CC2)CN(C2CCOCC2)C1. The third-order valence-corrected chi connectivity index (χ3v) is 6.65. The minimum atomic E-state index is 0. The fourth-order valence-corrected chi connectivity index (χ4v) is 4.94. The Balaban J connectivity index is 0.00000171. The number of aromatic hydroxyl groups is 1. The molecule has 0 radical (unpaired) electrons. The minimum absolute atomic E-state index is 0. The lowest BCUT2D eigenvalue weighted by atomic mass is 9.99. The van der Waals surface area contributed by atoms with E-state index in [1.54, 1.807) is 12.1 Å². The van der Waals surface area contributed by atoms with E-state index in [0.717, 1.165) is 83.9 Å². The molecule has 176 valence electrons. The fraction of sp³-hybridized carbons (Fsp3) is 0.682. The van der Waals surface area contributed by atoms with Gasteiger partial charge in [-0.2, -0.15) is 0 Å². The molecule has 0 aromatic heterocycles. The first-order valence-electron chi connectivity index (χ1n) is 11.0.